The van der Waals surface area contributed by atoms with E-state index in [9.17, 15) is 14.7 Å². The fourth-order valence-electron chi connectivity index (χ4n) is 4.00. The third-order valence-corrected chi connectivity index (χ3v) is 5.34. The number of nitrogens with zero attached hydrogens (tertiary/aromatic N) is 2. The number of rotatable bonds is 2. The second-order valence-electron chi connectivity index (χ2n) is 6.82. The van der Waals surface area contributed by atoms with E-state index in [0.717, 1.165) is 10.9 Å². The summed E-state index contributed by atoms with van der Waals surface area (Å²) in [7, 11) is 0. The summed E-state index contributed by atoms with van der Waals surface area (Å²) in [5.74, 6) is -1.14. The highest BCUT2D eigenvalue weighted by Gasteiger charge is 2.55. The molecule has 2 atom stereocenters. The van der Waals surface area contributed by atoms with Crippen molar-refractivity contribution < 1.29 is 19.4 Å². The number of H-pyrrole nitrogens is 1. The van der Waals surface area contributed by atoms with Gasteiger partial charge < -0.3 is 14.7 Å². The lowest BCUT2D eigenvalue weighted by Crippen LogP contribution is -2.45. The summed E-state index contributed by atoms with van der Waals surface area (Å²) in [6.45, 7) is 3.40. The zero-order chi connectivity index (χ0) is 16.9. The molecule has 7 heteroatoms. The number of aromatic nitrogens is 2. The van der Waals surface area contributed by atoms with E-state index >= 15 is 0 Å². The number of carbonyl (C=O) groups excluding carboxylic acids is 1. The van der Waals surface area contributed by atoms with E-state index in [1.807, 2.05) is 19.1 Å². The molecule has 2 saturated heterocycles. The second kappa shape index (κ2) is 5.31. The minimum absolute atomic E-state index is 0.150. The molecule has 1 aromatic heterocycles. The number of aromatic amines is 1. The molecule has 24 heavy (non-hydrogen) atoms. The predicted molar refractivity (Wildman–Crippen MR) is 85.7 cm³/mol. The van der Waals surface area contributed by atoms with E-state index in [-0.39, 0.29) is 18.4 Å². The molecular formula is C17H19N3O4. The van der Waals surface area contributed by atoms with Crippen LogP contribution in [0.15, 0.2) is 18.3 Å². The van der Waals surface area contributed by atoms with Crippen LogP contribution in [0, 0.1) is 18.3 Å². The van der Waals surface area contributed by atoms with Crippen molar-refractivity contribution >= 4 is 22.8 Å². The van der Waals surface area contributed by atoms with Gasteiger partial charge in [-0.2, -0.15) is 5.10 Å². The van der Waals surface area contributed by atoms with E-state index in [1.165, 1.54) is 0 Å². The fraction of sp³-hybridized carbons (Fsp3) is 0.471. The van der Waals surface area contributed by atoms with Gasteiger partial charge in [-0.1, -0.05) is 0 Å². The maximum Gasteiger partial charge on any atom is 0.311 e. The van der Waals surface area contributed by atoms with Gasteiger partial charge in [0.25, 0.3) is 5.91 Å². The van der Waals surface area contributed by atoms with Gasteiger partial charge in [0.1, 0.15) is 0 Å². The molecule has 0 bridgehead atoms. The fourth-order valence-corrected chi connectivity index (χ4v) is 4.00. The largest absolute Gasteiger partial charge is 0.481 e. The Morgan fingerprint density at radius 2 is 2.29 bits per heavy atom. The number of ether oxygens (including phenoxy) is 1. The van der Waals surface area contributed by atoms with E-state index in [4.69, 9.17) is 4.74 Å². The molecule has 2 aliphatic heterocycles. The van der Waals surface area contributed by atoms with Crippen LogP contribution in [0.2, 0.25) is 0 Å². The molecule has 0 unspecified atom stereocenters. The van der Waals surface area contributed by atoms with Gasteiger partial charge in [0.2, 0.25) is 0 Å². The molecule has 2 fully saturated rings. The molecular weight excluding hydrogens is 310 g/mol. The molecule has 0 spiro atoms. The number of amides is 1. The lowest BCUT2D eigenvalue weighted by molar-refractivity contribution is -0.157. The van der Waals surface area contributed by atoms with Crippen molar-refractivity contribution in [2.45, 2.75) is 13.3 Å². The Hall–Kier alpha value is -2.41. The number of carbonyl (C=O) groups is 2. The number of nitrogens with one attached hydrogen (secondary N) is 1. The molecule has 0 saturated carbocycles. The first-order valence-corrected chi connectivity index (χ1v) is 8.05. The Balaban J connectivity index is 1.70. The summed E-state index contributed by atoms with van der Waals surface area (Å²) in [5, 5.41) is 17.5. The summed E-state index contributed by atoms with van der Waals surface area (Å²) < 4.78 is 5.45. The van der Waals surface area contributed by atoms with Gasteiger partial charge in [-0.25, -0.2) is 0 Å². The van der Waals surface area contributed by atoms with Crippen molar-refractivity contribution in [1.82, 2.24) is 15.1 Å². The summed E-state index contributed by atoms with van der Waals surface area (Å²) in [5.41, 5.74) is 1.33. The number of hydrogen-bond acceptors (Lipinski definition) is 4. The summed E-state index contributed by atoms with van der Waals surface area (Å²) in [4.78, 5) is 26.6. The third kappa shape index (κ3) is 2.11. The standard InChI is InChI=1S/C17H19N3O4/c1-10-4-11-6-18-19-14(11)13(5-10)15(21)20-7-12-8-24-3-2-17(12,9-20)16(22)23/h4-6,12H,2-3,7-9H2,1H3,(H,18,19)(H,22,23)/t12-,17+/m0/s1. The van der Waals surface area contributed by atoms with Gasteiger partial charge >= 0.3 is 5.97 Å². The van der Waals surface area contributed by atoms with Crippen LogP contribution in [0.25, 0.3) is 10.9 Å². The number of fused-ring (bicyclic) bond motifs is 2. The lowest BCUT2D eigenvalue weighted by Gasteiger charge is -2.33. The Labute approximate surface area is 138 Å². The number of benzene rings is 1. The van der Waals surface area contributed by atoms with Gasteiger partial charge in [0.15, 0.2) is 0 Å². The SMILES string of the molecule is Cc1cc(C(=O)N2C[C@H]3COCC[C@@]3(C(=O)O)C2)c2[nH]ncc2c1. The normalized spacial score (nSPS) is 26.5. The van der Waals surface area contributed by atoms with Crippen molar-refractivity contribution in [2.75, 3.05) is 26.3 Å². The topological polar surface area (TPSA) is 95.5 Å². The maximum absolute atomic E-state index is 13.1. The van der Waals surface area contributed by atoms with Crippen LogP contribution in [-0.2, 0) is 9.53 Å². The molecule has 126 valence electrons. The first kappa shape index (κ1) is 15.1. The Kier molecular flexibility index (Phi) is 3.35. The maximum atomic E-state index is 13.1. The second-order valence-corrected chi connectivity index (χ2v) is 6.82. The quantitative estimate of drug-likeness (QED) is 0.869. The molecule has 4 rings (SSSR count). The van der Waals surface area contributed by atoms with Crippen LogP contribution in [-0.4, -0.2) is 58.4 Å². The van der Waals surface area contributed by atoms with E-state index in [2.05, 4.69) is 10.2 Å². The van der Waals surface area contributed by atoms with Crippen molar-refractivity contribution in [3.05, 3.63) is 29.5 Å². The van der Waals surface area contributed by atoms with Crippen molar-refractivity contribution in [2.24, 2.45) is 11.3 Å². The van der Waals surface area contributed by atoms with Gasteiger partial charge in [-0.15, -0.1) is 0 Å². The number of carboxylic acid groups (broad SMARTS) is 1. The minimum atomic E-state index is -0.884. The average Bonchev–Trinajstić information content (AvgIpc) is 3.17. The van der Waals surface area contributed by atoms with Gasteiger partial charge in [-0.3, -0.25) is 14.7 Å². The van der Waals surface area contributed by atoms with Crippen LogP contribution in [0.4, 0.5) is 0 Å². The van der Waals surface area contributed by atoms with E-state index in [0.29, 0.717) is 37.3 Å². The zero-order valence-electron chi connectivity index (χ0n) is 13.4. The number of likely N-dealkylation sites (tertiary alicyclic amines) is 1. The molecule has 2 aliphatic rings. The summed E-state index contributed by atoms with van der Waals surface area (Å²) >= 11 is 0. The lowest BCUT2D eigenvalue weighted by atomic mass is 9.74. The average molecular weight is 329 g/mol. The minimum Gasteiger partial charge on any atom is -0.481 e. The van der Waals surface area contributed by atoms with Gasteiger partial charge in [0, 0.05) is 31.0 Å². The highest BCUT2D eigenvalue weighted by molar-refractivity contribution is 6.06. The molecule has 1 aromatic carbocycles. The van der Waals surface area contributed by atoms with Crippen LogP contribution >= 0.6 is 0 Å². The van der Waals surface area contributed by atoms with E-state index in [1.54, 1.807) is 11.1 Å². The molecule has 0 aliphatic carbocycles. The first-order chi connectivity index (χ1) is 11.5. The molecule has 1 amide bonds. The summed E-state index contributed by atoms with van der Waals surface area (Å²) in [6.07, 6.45) is 2.14. The Morgan fingerprint density at radius 3 is 3.04 bits per heavy atom. The first-order valence-electron chi connectivity index (χ1n) is 8.05. The van der Waals surface area contributed by atoms with Gasteiger partial charge in [0.05, 0.1) is 29.3 Å². The Bertz CT molecular complexity index is 830. The highest BCUT2D eigenvalue weighted by atomic mass is 16.5. The van der Waals surface area contributed by atoms with Crippen molar-refractivity contribution in [3.63, 3.8) is 0 Å². The van der Waals surface area contributed by atoms with Crippen LogP contribution in [0.5, 0.6) is 0 Å². The number of carboxylic acids is 1. The molecule has 7 nitrogen and oxygen atoms in total. The van der Waals surface area contributed by atoms with Gasteiger partial charge in [-0.05, 0) is 31.0 Å². The zero-order valence-corrected chi connectivity index (χ0v) is 13.4. The van der Waals surface area contributed by atoms with Crippen LogP contribution < -0.4 is 0 Å². The Morgan fingerprint density at radius 1 is 1.46 bits per heavy atom. The molecule has 0 radical (unpaired) electrons. The highest BCUT2D eigenvalue weighted by Crippen LogP contribution is 2.43. The van der Waals surface area contributed by atoms with Crippen molar-refractivity contribution in [1.29, 1.82) is 0 Å². The molecule has 2 N–H and O–H groups in total. The van der Waals surface area contributed by atoms with E-state index < -0.39 is 11.4 Å². The smallest absolute Gasteiger partial charge is 0.311 e. The monoisotopic (exact) mass is 329 g/mol. The predicted octanol–water partition coefficient (Wildman–Crippen LogP) is 1.43. The number of hydrogen-bond donors (Lipinski definition) is 2. The summed E-state index contributed by atoms with van der Waals surface area (Å²) in [6, 6.07) is 3.79. The van der Waals surface area contributed by atoms with Crippen molar-refractivity contribution in [3.8, 4) is 0 Å². The third-order valence-electron chi connectivity index (χ3n) is 5.34. The molecule has 3 heterocycles. The number of aliphatic carboxylic acids is 1. The van der Waals surface area contributed by atoms with Crippen LogP contribution in [0.1, 0.15) is 22.3 Å². The van der Waals surface area contributed by atoms with Crippen LogP contribution in [0.3, 0.4) is 0 Å². The number of aryl methyl sites for hydroxylation is 1. The molecule has 2 aromatic rings.